The fourth-order valence-electron chi connectivity index (χ4n) is 3.27. The average Bonchev–Trinajstić information content (AvgIpc) is 2.82. The van der Waals surface area contributed by atoms with Crippen molar-refractivity contribution in [3.63, 3.8) is 0 Å². The third-order valence-electron chi connectivity index (χ3n) is 4.79. The van der Waals surface area contributed by atoms with Crippen LogP contribution in [0.4, 0.5) is 5.69 Å². The molecule has 0 bridgehead atoms. The molecule has 8 heteroatoms. The summed E-state index contributed by atoms with van der Waals surface area (Å²) in [5, 5.41) is 22.5. The number of para-hydroxylation sites is 1. The van der Waals surface area contributed by atoms with Gasteiger partial charge >= 0.3 is 5.97 Å². The fourth-order valence-corrected chi connectivity index (χ4v) is 3.27. The van der Waals surface area contributed by atoms with Crippen molar-refractivity contribution in [2.75, 3.05) is 0 Å². The predicted octanol–water partition coefficient (Wildman–Crippen LogP) is 5.48. The maximum atomic E-state index is 12.8. The van der Waals surface area contributed by atoms with Crippen LogP contribution in [0.5, 0.6) is 23.0 Å². The molecule has 0 aliphatic heterocycles. The normalized spacial score (nSPS) is 11.5. The fraction of sp³-hybridized carbons (Fsp3) is 0.0800. The number of hydrogen-bond donors (Lipinski definition) is 1. The number of non-ortho nitro benzene ring substituents is 1. The Labute approximate surface area is 188 Å². The van der Waals surface area contributed by atoms with Gasteiger partial charge in [-0.15, -0.1) is 0 Å². The van der Waals surface area contributed by atoms with E-state index in [1.165, 1.54) is 30.3 Å². The molecular weight excluding hydrogens is 426 g/mol. The number of rotatable bonds is 7. The van der Waals surface area contributed by atoms with E-state index in [0.717, 1.165) is 0 Å². The number of phenols is 1. The van der Waals surface area contributed by atoms with E-state index in [4.69, 9.17) is 14.2 Å². The Morgan fingerprint density at radius 3 is 2.18 bits per heavy atom. The van der Waals surface area contributed by atoms with Crippen LogP contribution >= 0.6 is 0 Å². The molecule has 0 amide bonds. The number of esters is 1. The molecule has 0 aromatic heterocycles. The molecule has 1 atom stereocenters. The van der Waals surface area contributed by atoms with Crippen molar-refractivity contribution in [1.82, 2.24) is 0 Å². The Hall–Kier alpha value is -4.59. The second-order valence-electron chi connectivity index (χ2n) is 7.07. The zero-order valence-corrected chi connectivity index (χ0v) is 17.5. The van der Waals surface area contributed by atoms with Gasteiger partial charge in [0.05, 0.1) is 4.92 Å². The van der Waals surface area contributed by atoms with E-state index in [2.05, 4.69) is 0 Å². The SMILES string of the molecule is CC(Oc1ccc([N+](=O)[O-])cc1)Oc1cc(C(=O)Oc2ccccc2)c(O)c2ccccc12. The maximum absolute atomic E-state index is 12.8. The van der Waals surface area contributed by atoms with Gasteiger partial charge in [-0.3, -0.25) is 10.1 Å². The lowest BCUT2D eigenvalue weighted by atomic mass is 10.0. The lowest BCUT2D eigenvalue weighted by molar-refractivity contribution is -0.384. The predicted molar refractivity (Wildman–Crippen MR) is 121 cm³/mol. The summed E-state index contributed by atoms with van der Waals surface area (Å²) in [6.45, 7) is 1.64. The molecule has 0 aliphatic rings. The van der Waals surface area contributed by atoms with E-state index in [9.17, 15) is 20.0 Å². The van der Waals surface area contributed by atoms with Crippen LogP contribution in [0.15, 0.2) is 84.9 Å². The van der Waals surface area contributed by atoms with Crippen LogP contribution in [0.2, 0.25) is 0 Å². The average molecular weight is 445 g/mol. The van der Waals surface area contributed by atoms with E-state index in [-0.39, 0.29) is 17.0 Å². The Balaban J connectivity index is 1.61. The first-order valence-corrected chi connectivity index (χ1v) is 10.0. The van der Waals surface area contributed by atoms with Crippen molar-refractivity contribution >= 4 is 22.4 Å². The molecular formula is C25H19NO7. The number of carbonyl (C=O) groups excluding carboxylic acids is 1. The molecule has 33 heavy (non-hydrogen) atoms. The summed E-state index contributed by atoms with van der Waals surface area (Å²) in [7, 11) is 0. The van der Waals surface area contributed by atoms with E-state index in [1.54, 1.807) is 61.5 Å². The highest BCUT2D eigenvalue weighted by molar-refractivity contribution is 6.04. The summed E-state index contributed by atoms with van der Waals surface area (Å²) < 4.78 is 17.0. The van der Waals surface area contributed by atoms with Crippen molar-refractivity contribution in [3.05, 3.63) is 101 Å². The van der Waals surface area contributed by atoms with Crippen LogP contribution in [0.3, 0.4) is 0 Å². The molecule has 8 nitrogen and oxygen atoms in total. The van der Waals surface area contributed by atoms with Crippen LogP contribution in [0.25, 0.3) is 10.8 Å². The first kappa shape index (κ1) is 21.6. The molecule has 1 unspecified atom stereocenters. The van der Waals surface area contributed by atoms with Crippen molar-refractivity contribution in [2.45, 2.75) is 13.2 Å². The van der Waals surface area contributed by atoms with Crippen LogP contribution in [0, 0.1) is 10.1 Å². The van der Waals surface area contributed by atoms with Crippen LogP contribution in [-0.2, 0) is 0 Å². The molecule has 0 saturated carbocycles. The quantitative estimate of drug-likeness (QED) is 0.132. The Kier molecular flexibility index (Phi) is 6.08. The summed E-state index contributed by atoms with van der Waals surface area (Å²) in [5.41, 5.74) is -0.114. The number of nitrogens with zero attached hydrogens (tertiary/aromatic N) is 1. The molecule has 0 saturated heterocycles. The Morgan fingerprint density at radius 2 is 1.52 bits per heavy atom. The molecule has 0 aliphatic carbocycles. The first-order chi connectivity index (χ1) is 15.9. The lowest BCUT2D eigenvalue weighted by Gasteiger charge is -2.19. The molecule has 0 spiro atoms. The second-order valence-corrected chi connectivity index (χ2v) is 7.07. The summed E-state index contributed by atoms with van der Waals surface area (Å²) in [6.07, 6.45) is -0.808. The minimum absolute atomic E-state index is 0.0537. The zero-order valence-electron chi connectivity index (χ0n) is 17.5. The summed E-state index contributed by atoms with van der Waals surface area (Å²) >= 11 is 0. The minimum Gasteiger partial charge on any atom is -0.506 e. The standard InChI is InChI=1S/C25H19NO7/c1-16(31-19-13-11-17(12-14-19)26(29)30)32-23-15-22(24(27)21-10-6-5-9-20(21)23)25(28)33-18-7-3-2-4-8-18/h2-16,27H,1H3. The largest absolute Gasteiger partial charge is 0.506 e. The van der Waals surface area contributed by atoms with Gasteiger partial charge in [0.1, 0.15) is 28.6 Å². The number of hydrogen-bond acceptors (Lipinski definition) is 7. The van der Waals surface area contributed by atoms with E-state index in [1.807, 2.05) is 0 Å². The van der Waals surface area contributed by atoms with Gasteiger partial charge in [-0.2, -0.15) is 0 Å². The smallest absolute Gasteiger partial charge is 0.347 e. The minimum atomic E-state index is -0.808. The number of fused-ring (bicyclic) bond motifs is 1. The van der Waals surface area contributed by atoms with E-state index >= 15 is 0 Å². The zero-order chi connectivity index (χ0) is 23.4. The molecule has 4 aromatic carbocycles. The Morgan fingerprint density at radius 1 is 0.879 bits per heavy atom. The Bertz CT molecular complexity index is 1300. The van der Waals surface area contributed by atoms with Crippen molar-refractivity contribution < 1.29 is 29.0 Å². The molecule has 166 valence electrons. The third kappa shape index (κ3) is 4.85. The lowest BCUT2D eigenvalue weighted by Crippen LogP contribution is -2.20. The highest BCUT2D eigenvalue weighted by Gasteiger charge is 2.21. The monoisotopic (exact) mass is 445 g/mol. The molecule has 0 radical (unpaired) electrons. The van der Waals surface area contributed by atoms with Gasteiger partial charge in [0.25, 0.3) is 5.69 Å². The molecule has 4 aromatic rings. The van der Waals surface area contributed by atoms with E-state index < -0.39 is 17.2 Å². The number of ether oxygens (including phenoxy) is 3. The van der Waals surface area contributed by atoms with Gasteiger partial charge < -0.3 is 19.3 Å². The van der Waals surface area contributed by atoms with Gasteiger partial charge in [-0.1, -0.05) is 42.5 Å². The second kappa shape index (κ2) is 9.27. The third-order valence-corrected chi connectivity index (χ3v) is 4.79. The number of benzene rings is 4. The van der Waals surface area contributed by atoms with Crippen LogP contribution < -0.4 is 14.2 Å². The van der Waals surface area contributed by atoms with Crippen molar-refractivity contribution in [1.29, 1.82) is 0 Å². The van der Waals surface area contributed by atoms with E-state index in [0.29, 0.717) is 28.0 Å². The summed E-state index contributed by atoms with van der Waals surface area (Å²) in [6, 6.07) is 22.4. The van der Waals surface area contributed by atoms with Gasteiger partial charge in [0.2, 0.25) is 6.29 Å². The number of nitro groups is 1. The maximum Gasteiger partial charge on any atom is 0.347 e. The van der Waals surface area contributed by atoms with Crippen molar-refractivity contribution in [3.8, 4) is 23.0 Å². The number of phenolic OH excluding ortho intramolecular Hbond substituents is 1. The topological polar surface area (TPSA) is 108 Å². The first-order valence-electron chi connectivity index (χ1n) is 10.0. The van der Waals surface area contributed by atoms with Crippen molar-refractivity contribution in [2.24, 2.45) is 0 Å². The number of nitro benzene ring substituents is 1. The highest BCUT2D eigenvalue weighted by Crippen LogP contribution is 2.37. The van der Waals surface area contributed by atoms with Gasteiger partial charge in [0, 0.05) is 29.8 Å². The van der Waals surface area contributed by atoms with Crippen LogP contribution in [-0.4, -0.2) is 22.3 Å². The highest BCUT2D eigenvalue weighted by atomic mass is 16.7. The molecule has 4 rings (SSSR count). The van der Waals surface area contributed by atoms with Gasteiger partial charge in [-0.25, -0.2) is 4.79 Å². The number of carbonyl (C=O) groups is 1. The van der Waals surface area contributed by atoms with Gasteiger partial charge in [-0.05, 0) is 30.3 Å². The molecule has 1 N–H and O–H groups in total. The molecule has 0 fully saturated rings. The summed E-state index contributed by atoms with van der Waals surface area (Å²) in [5.74, 6) is 0.0613. The van der Waals surface area contributed by atoms with Gasteiger partial charge in [0.15, 0.2) is 0 Å². The van der Waals surface area contributed by atoms with Crippen LogP contribution in [0.1, 0.15) is 17.3 Å². The number of aromatic hydroxyl groups is 1. The summed E-state index contributed by atoms with van der Waals surface area (Å²) in [4.78, 5) is 23.1. The molecule has 0 heterocycles.